The molecule has 14 heavy (non-hydrogen) atoms. The van der Waals surface area contributed by atoms with Crippen LogP contribution in [0.3, 0.4) is 0 Å². The third-order valence-electron chi connectivity index (χ3n) is 2.35. The number of rotatable bonds is 3. The lowest BCUT2D eigenvalue weighted by Crippen LogP contribution is -2.03. The quantitative estimate of drug-likeness (QED) is 0.736. The maximum absolute atomic E-state index is 5.36. The van der Waals surface area contributed by atoms with Gasteiger partial charge >= 0.3 is 0 Å². The van der Waals surface area contributed by atoms with Gasteiger partial charge in [0.2, 0.25) is 0 Å². The third kappa shape index (κ3) is 2.25. The molecule has 0 saturated carbocycles. The van der Waals surface area contributed by atoms with Crippen LogP contribution in [0.15, 0.2) is 6.20 Å². The van der Waals surface area contributed by atoms with Crippen molar-refractivity contribution in [2.45, 2.75) is 34.1 Å². The molecule has 2 heteroatoms. The summed E-state index contributed by atoms with van der Waals surface area (Å²) in [5.41, 5.74) is 3.45. The molecule has 0 amide bonds. The summed E-state index contributed by atoms with van der Waals surface area (Å²) in [6.45, 7) is 8.51. The van der Waals surface area contributed by atoms with Crippen molar-refractivity contribution in [3.63, 3.8) is 0 Å². The van der Waals surface area contributed by atoms with E-state index in [0.29, 0.717) is 5.92 Å². The number of pyridine rings is 1. The summed E-state index contributed by atoms with van der Waals surface area (Å²) in [4.78, 5) is 4.45. The van der Waals surface area contributed by atoms with Crippen LogP contribution in [0.4, 0.5) is 0 Å². The van der Waals surface area contributed by atoms with Crippen molar-refractivity contribution in [3.8, 4) is 5.75 Å². The number of aryl methyl sites for hydroxylation is 1. The number of hydrogen-bond donors (Lipinski definition) is 0. The van der Waals surface area contributed by atoms with E-state index in [2.05, 4.69) is 25.8 Å². The van der Waals surface area contributed by atoms with Crippen LogP contribution in [0, 0.1) is 19.8 Å². The molecule has 1 heterocycles. The first-order valence-corrected chi connectivity index (χ1v) is 5.05. The largest absolute Gasteiger partial charge is 0.496 e. The highest BCUT2D eigenvalue weighted by molar-refractivity contribution is 5.41. The highest BCUT2D eigenvalue weighted by Crippen LogP contribution is 2.25. The fraction of sp³-hybridized carbons (Fsp3) is 0.583. The summed E-state index contributed by atoms with van der Waals surface area (Å²) < 4.78 is 5.36. The Morgan fingerprint density at radius 1 is 1.36 bits per heavy atom. The molecule has 0 bridgehead atoms. The molecule has 1 aromatic rings. The standard InChI is InChI=1S/C12H19NO/c1-8(2)6-11-10(4)12(14-5)9(3)7-13-11/h7-8H,6H2,1-5H3. The fourth-order valence-corrected chi connectivity index (χ4v) is 1.66. The fourth-order valence-electron chi connectivity index (χ4n) is 1.66. The molecule has 78 valence electrons. The zero-order valence-electron chi connectivity index (χ0n) is 9.72. The molecular formula is C12H19NO. The minimum atomic E-state index is 0.633. The molecule has 0 N–H and O–H groups in total. The highest BCUT2D eigenvalue weighted by atomic mass is 16.5. The van der Waals surface area contributed by atoms with Gasteiger partial charge in [-0.2, -0.15) is 0 Å². The van der Waals surface area contributed by atoms with Crippen molar-refractivity contribution in [2.24, 2.45) is 5.92 Å². The van der Waals surface area contributed by atoms with Gasteiger partial charge in [-0.15, -0.1) is 0 Å². The van der Waals surface area contributed by atoms with Crippen molar-refractivity contribution < 1.29 is 4.74 Å². The van der Waals surface area contributed by atoms with Crippen molar-refractivity contribution in [2.75, 3.05) is 7.11 Å². The van der Waals surface area contributed by atoms with E-state index < -0.39 is 0 Å². The van der Waals surface area contributed by atoms with E-state index in [1.165, 1.54) is 5.56 Å². The second kappa shape index (κ2) is 4.45. The molecule has 1 rings (SSSR count). The minimum absolute atomic E-state index is 0.633. The van der Waals surface area contributed by atoms with Crippen LogP contribution in [0.25, 0.3) is 0 Å². The van der Waals surface area contributed by atoms with Gasteiger partial charge in [-0.25, -0.2) is 0 Å². The average Bonchev–Trinajstić information content (AvgIpc) is 2.10. The van der Waals surface area contributed by atoms with Crippen LogP contribution < -0.4 is 4.74 Å². The van der Waals surface area contributed by atoms with Crippen molar-refractivity contribution >= 4 is 0 Å². The van der Waals surface area contributed by atoms with E-state index in [0.717, 1.165) is 23.4 Å². The maximum atomic E-state index is 5.36. The van der Waals surface area contributed by atoms with Gasteiger partial charge in [0.15, 0.2) is 0 Å². The molecule has 0 spiro atoms. The predicted molar refractivity (Wildman–Crippen MR) is 58.8 cm³/mol. The summed E-state index contributed by atoms with van der Waals surface area (Å²) in [6.07, 6.45) is 2.91. The SMILES string of the molecule is COc1c(C)cnc(CC(C)C)c1C. The molecule has 1 aromatic heterocycles. The number of nitrogens with zero attached hydrogens (tertiary/aromatic N) is 1. The Morgan fingerprint density at radius 2 is 2.00 bits per heavy atom. The molecular weight excluding hydrogens is 174 g/mol. The van der Waals surface area contributed by atoms with E-state index in [-0.39, 0.29) is 0 Å². The lowest BCUT2D eigenvalue weighted by molar-refractivity contribution is 0.406. The van der Waals surface area contributed by atoms with E-state index in [9.17, 15) is 0 Å². The predicted octanol–water partition coefficient (Wildman–Crippen LogP) is 2.91. The van der Waals surface area contributed by atoms with Crippen LogP contribution in [-0.4, -0.2) is 12.1 Å². The number of ether oxygens (including phenoxy) is 1. The van der Waals surface area contributed by atoms with Gasteiger partial charge in [0.25, 0.3) is 0 Å². The molecule has 0 fully saturated rings. The van der Waals surface area contributed by atoms with Crippen LogP contribution in [0.5, 0.6) is 5.75 Å². The molecule has 0 radical (unpaired) electrons. The van der Waals surface area contributed by atoms with E-state index >= 15 is 0 Å². The second-order valence-electron chi connectivity index (χ2n) is 4.14. The van der Waals surface area contributed by atoms with E-state index in [4.69, 9.17) is 4.74 Å². The molecule has 0 unspecified atom stereocenters. The summed E-state index contributed by atoms with van der Waals surface area (Å²) in [5, 5.41) is 0. The molecule has 0 aliphatic rings. The summed E-state index contributed by atoms with van der Waals surface area (Å²) in [5.74, 6) is 1.62. The van der Waals surface area contributed by atoms with Gasteiger partial charge in [-0.3, -0.25) is 4.98 Å². The first kappa shape index (κ1) is 11.0. The number of aromatic nitrogens is 1. The third-order valence-corrected chi connectivity index (χ3v) is 2.35. The minimum Gasteiger partial charge on any atom is -0.496 e. The summed E-state index contributed by atoms with van der Waals surface area (Å²) >= 11 is 0. The molecule has 0 aliphatic carbocycles. The molecule has 2 nitrogen and oxygen atoms in total. The molecule has 0 aromatic carbocycles. The molecule has 0 atom stereocenters. The van der Waals surface area contributed by atoms with Crippen molar-refractivity contribution in [1.29, 1.82) is 0 Å². The van der Waals surface area contributed by atoms with Gasteiger partial charge in [0.1, 0.15) is 5.75 Å². The van der Waals surface area contributed by atoms with Gasteiger partial charge in [0, 0.05) is 23.0 Å². The first-order chi connectivity index (χ1) is 6.56. The van der Waals surface area contributed by atoms with Crippen LogP contribution >= 0.6 is 0 Å². The summed E-state index contributed by atoms with van der Waals surface area (Å²) in [6, 6.07) is 0. The Bertz CT molecular complexity index is 318. The van der Waals surface area contributed by atoms with Crippen molar-refractivity contribution in [3.05, 3.63) is 23.0 Å². The topological polar surface area (TPSA) is 22.1 Å². The molecule has 0 saturated heterocycles. The number of methoxy groups -OCH3 is 1. The van der Waals surface area contributed by atoms with Gasteiger partial charge in [-0.05, 0) is 26.2 Å². The smallest absolute Gasteiger partial charge is 0.128 e. The monoisotopic (exact) mass is 193 g/mol. The maximum Gasteiger partial charge on any atom is 0.128 e. The van der Waals surface area contributed by atoms with Crippen LogP contribution in [0.2, 0.25) is 0 Å². The van der Waals surface area contributed by atoms with E-state index in [1.54, 1.807) is 7.11 Å². The zero-order valence-corrected chi connectivity index (χ0v) is 9.72. The van der Waals surface area contributed by atoms with E-state index in [1.807, 2.05) is 13.1 Å². The Labute approximate surface area is 86.3 Å². The van der Waals surface area contributed by atoms with Crippen LogP contribution in [-0.2, 0) is 6.42 Å². The average molecular weight is 193 g/mol. The summed E-state index contributed by atoms with van der Waals surface area (Å²) in [7, 11) is 1.72. The Balaban J connectivity index is 3.08. The lowest BCUT2D eigenvalue weighted by Gasteiger charge is -2.13. The molecule has 0 aliphatic heterocycles. The normalized spacial score (nSPS) is 10.7. The Hall–Kier alpha value is -1.05. The number of hydrogen-bond acceptors (Lipinski definition) is 2. The zero-order chi connectivity index (χ0) is 10.7. The Morgan fingerprint density at radius 3 is 2.50 bits per heavy atom. The van der Waals surface area contributed by atoms with Gasteiger partial charge < -0.3 is 4.74 Å². The lowest BCUT2D eigenvalue weighted by atomic mass is 10.0. The Kier molecular flexibility index (Phi) is 3.50. The first-order valence-electron chi connectivity index (χ1n) is 5.05. The van der Waals surface area contributed by atoms with Gasteiger partial charge in [0.05, 0.1) is 7.11 Å². The van der Waals surface area contributed by atoms with Crippen LogP contribution in [0.1, 0.15) is 30.7 Å². The van der Waals surface area contributed by atoms with Crippen molar-refractivity contribution in [1.82, 2.24) is 4.98 Å². The second-order valence-corrected chi connectivity index (χ2v) is 4.14. The highest BCUT2D eigenvalue weighted by Gasteiger charge is 2.10. The van der Waals surface area contributed by atoms with Gasteiger partial charge in [-0.1, -0.05) is 13.8 Å².